The van der Waals surface area contributed by atoms with Gasteiger partial charge >= 0.3 is 6.18 Å². The molecule has 0 bridgehead atoms. The van der Waals surface area contributed by atoms with E-state index in [0.29, 0.717) is 19.7 Å². The summed E-state index contributed by atoms with van der Waals surface area (Å²) in [5.41, 5.74) is -1.06. The highest BCUT2D eigenvalue weighted by Gasteiger charge is 2.34. The highest BCUT2D eigenvalue weighted by atomic mass is 19.4. The third-order valence-corrected chi connectivity index (χ3v) is 3.69. The average molecular weight is 316 g/mol. The van der Waals surface area contributed by atoms with E-state index in [4.69, 9.17) is 4.74 Å². The fourth-order valence-corrected chi connectivity index (χ4v) is 2.44. The fourth-order valence-electron chi connectivity index (χ4n) is 2.44. The third-order valence-electron chi connectivity index (χ3n) is 3.69. The number of carbonyl (C=O) groups excluding carboxylic acids is 1. The number of hydrogen-bond donors (Lipinski definition) is 1. The Bertz CT molecular complexity index is 534. The highest BCUT2D eigenvalue weighted by Crippen LogP contribution is 2.34. The lowest BCUT2D eigenvalue weighted by atomic mass is 10.1. The van der Waals surface area contributed by atoms with Crippen molar-refractivity contribution in [2.75, 3.05) is 25.0 Å². The first-order valence-electron chi connectivity index (χ1n) is 7.12. The standard InChI is InChI=1S/C15H19F3N2O2/c1-10-9-20(7-8-22-10)11(2)14(21)19-13-6-4-3-5-12(13)15(16,17)18/h3-6,10-11H,7-9H2,1-2H3,(H,19,21). The number of hydrogen-bond acceptors (Lipinski definition) is 3. The largest absolute Gasteiger partial charge is 0.418 e. The maximum atomic E-state index is 12.9. The molecule has 2 atom stereocenters. The zero-order valence-corrected chi connectivity index (χ0v) is 12.5. The number of amides is 1. The van der Waals surface area contributed by atoms with Crippen LogP contribution in [0.4, 0.5) is 18.9 Å². The number of morpholine rings is 1. The van der Waals surface area contributed by atoms with E-state index in [1.54, 1.807) is 6.92 Å². The van der Waals surface area contributed by atoms with Crippen LogP contribution in [-0.2, 0) is 15.7 Å². The maximum absolute atomic E-state index is 12.9. The van der Waals surface area contributed by atoms with Crippen molar-refractivity contribution in [3.8, 4) is 0 Å². The van der Waals surface area contributed by atoms with E-state index >= 15 is 0 Å². The number of halogens is 3. The van der Waals surface area contributed by atoms with Crippen LogP contribution in [0.2, 0.25) is 0 Å². The first-order valence-corrected chi connectivity index (χ1v) is 7.12. The predicted molar refractivity (Wildman–Crippen MR) is 76.5 cm³/mol. The highest BCUT2D eigenvalue weighted by molar-refractivity contribution is 5.95. The van der Waals surface area contributed by atoms with Crippen molar-refractivity contribution in [3.63, 3.8) is 0 Å². The molecule has 2 unspecified atom stereocenters. The molecule has 1 heterocycles. The van der Waals surface area contributed by atoms with Crippen molar-refractivity contribution >= 4 is 11.6 Å². The molecule has 1 amide bonds. The third kappa shape index (κ3) is 3.98. The van der Waals surface area contributed by atoms with E-state index in [0.717, 1.165) is 6.07 Å². The number of alkyl halides is 3. The van der Waals surface area contributed by atoms with E-state index in [9.17, 15) is 18.0 Å². The first kappa shape index (κ1) is 16.8. The molecule has 1 aromatic carbocycles. The van der Waals surface area contributed by atoms with Crippen LogP contribution in [-0.4, -0.2) is 42.6 Å². The summed E-state index contributed by atoms with van der Waals surface area (Å²) in [6.45, 7) is 5.26. The van der Waals surface area contributed by atoms with Gasteiger partial charge in [0, 0.05) is 13.1 Å². The van der Waals surface area contributed by atoms with Crippen LogP contribution in [0.1, 0.15) is 19.4 Å². The molecule has 0 aliphatic carbocycles. The molecule has 1 N–H and O–H groups in total. The molecule has 1 aliphatic heterocycles. The molecule has 1 fully saturated rings. The van der Waals surface area contributed by atoms with Crippen molar-refractivity contribution < 1.29 is 22.7 Å². The number of nitrogens with zero attached hydrogens (tertiary/aromatic N) is 1. The van der Waals surface area contributed by atoms with Crippen molar-refractivity contribution in [2.45, 2.75) is 32.2 Å². The smallest absolute Gasteiger partial charge is 0.376 e. The molecule has 1 aromatic rings. The lowest BCUT2D eigenvalue weighted by molar-refractivity contribution is -0.137. The average Bonchev–Trinajstić information content (AvgIpc) is 2.46. The van der Waals surface area contributed by atoms with Gasteiger partial charge in [0.1, 0.15) is 0 Å². The molecule has 1 saturated heterocycles. The summed E-state index contributed by atoms with van der Waals surface area (Å²) in [4.78, 5) is 14.1. The van der Waals surface area contributed by atoms with Gasteiger partial charge in [-0.15, -0.1) is 0 Å². The van der Waals surface area contributed by atoms with Gasteiger partial charge in [-0.05, 0) is 26.0 Å². The normalized spacial score (nSPS) is 21.4. The van der Waals surface area contributed by atoms with Crippen LogP contribution in [0.3, 0.4) is 0 Å². The van der Waals surface area contributed by atoms with Crippen LogP contribution in [0, 0.1) is 0 Å². The van der Waals surface area contributed by atoms with E-state index in [1.165, 1.54) is 18.2 Å². The van der Waals surface area contributed by atoms with E-state index in [1.807, 2.05) is 11.8 Å². The van der Waals surface area contributed by atoms with Crippen LogP contribution < -0.4 is 5.32 Å². The quantitative estimate of drug-likeness (QED) is 0.932. The number of rotatable bonds is 3. The minimum Gasteiger partial charge on any atom is -0.376 e. The van der Waals surface area contributed by atoms with Crippen molar-refractivity contribution in [1.29, 1.82) is 0 Å². The molecule has 122 valence electrons. The molecule has 0 radical (unpaired) electrons. The minimum atomic E-state index is -4.50. The lowest BCUT2D eigenvalue weighted by Gasteiger charge is -2.34. The molecule has 4 nitrogen and oxygen atoms in total. The second-order valence-electron chi connectivity index (χ2n) is 5.38. The molecule has 7 heteroatoms. The summed E-state index contributed by atoms with van der Waals surface area (Å²) in [5, 5.41) is 2.39. The van der Waals surface area contributed by atoms with Gasteiger partial charge in [-0.3, -0.25) is 9.69 Å². The number of anilines is 1. The van der Waals surface area contributed by atoms with Gasteiger partial charge in [0.15, 0.2) is 0 Å². The Morgan fingerprint density at radius 1 is 1.41 bits per heavy atom. The Labute approximate surface area is 127 Å². The number of carbonyl (C=O) groups is 1. The molecular formula is C15H19F3N2O2. The molecule has 0 aromatic heterocycles. The Hall–Kier alpha value is -1.60. The van der Waals surface area contributed by atoms with Crippen molar-refractivity contribution in [2.24, 2.45) is 0 Å². The van der Waals surface area contributed by atoms with Gasteiger partial charge in [0.05, 0.1) is 30.0 Å². The Balaban J connectivity index is 2.09. The SMILES string of the molecule is CC1CN(C(C)C(=O)Nc2ccccc2C(F)(F)F)CCO1. The summed E-state index contributed by atoms with van der Waals surface area (Å²) in [6.07, 6.45) is -4.49. The second-order valence-corrected chi connectivity index (χ2v) is 5.38. The van der Waals surface area contributed by atoms with Crippen LogP contribution >= 0.6 is 0 Å². The zero-order valence-electron chi connectivity index (χ0n) is 12.5. The van der Waals surface area contributed by atoms with Crippen molar-refractivity contribution in [1.82, 2.24) is 4.90 Å². The number of nitrogens with one attached hydrogen (secondary N) is 1. The topological polar surface area (TPSA) is 41.6 Å². The van der Waals surface area contributed by atoms with Crippen LogP contribution in [0.25, 0.3) is 0 Å². The van der Waals surface area contributed by atoms with E-state index in [-0.39, 0.29) is 11.8 Å². The van der Waals surface area contributed by atoms with Gasteiger partial charge in [-0.2, -0.15) is 13.2 Å². The number of benzene rings is 1. The van der Waals surface area contributed by atoms with Crippen LogP contribution in [0.5, 0.6) is 0 Å². The fraction of sp³-hybridized carbons (Fsp3) is 0.533. The lowest BCUT2D eigenvalue weighted by Crippen LogP contribution is -2.50. The zero-order chi connectivity index (χ0) is 16.3. The second kappa shape index (κ2) is 6.66. The van der Waals surface area contributed by atoms with Crippen LogP contribution in [0.15, 0.2) is 24.3 Å². The van der Waals surface area contributed by atoms with Gasteiger partial charge in [-0.25, -0.2) is 0 Å². The number of para-hydroxylation sites is 1. The predicted octanol–water partition coefficient (Wildman–Crippen LogP) is 2.75. The van der Waals surface area contributed by atoms with Gasteiger partial charge < -0.3 is 10.1 Å². The summed E-state index contributed by atoms with van der Waals surface area (Å²) in [6, 6.07) is 4.46. The minimum absolute atomic E-state index is 0.00598. The summed E-state index contributed by atoms with van der Waals surface area (Å²) < 4.78 is 44.2. The summed E-state index contributed by atoms with van der Waals surface area (Å²) in [7, 11) is 0. The van der Waals surface area contributed by atoms with Gasteiger partial charge in [0.2, 0.25) is 5.91 Å². The summed E-state index contributed by atoms with van der Waals surface area (Å²) >= 11 is 0. The maximum Gasteiger partial charge on any atom is 0.418 e. The molecule has 0 spiro atoms. The van der Waals surface area contributed by atoms with Gasteiger partial charge in [0.25, 0.3) is 0 Å². The molecule has 22 heavy (non-hydrogen) atoms. The number of ether oxygens (including phenoxy) is 1. The Kier molecular flexibility index (Phi) is 5.08. The van der Waals surface area contributed by atoms with E-state index in [2.05, 4.69) is 5.32 Å². The Morgan fingerprint density at radius 2 is 2.09 bits per heavy atom. The molecule has 0 saturated carbocycles. The van der Waals surface area contributed by atoms with Gasteiger partial charge in [-0.1, -0.05) is 12.1 Å². The van der Waals surface area contributed by atoms with E-state index < -0.39 is 23.7 Å². The van der Waals surface area contributed by atoms with Crippen molar-refractivity contribution in [3.05, 3.63) is 29.8 Å². The molecule has 1 aliphatic rings. The first-order chi connectivity index (χ1) is 10.3. The monoisotopic (exact) mass is 316 g/mol. The molecule has 2 rings (SSSR count). The molecular weight excluding hydrogens is 297 g/mol. The summed E-state index contributed by atoms with van der Waals surface area (Å²) in [5.74, 6) is -0.453. The Morgan fingerprint density at radius 3 is 2.73 bits per heavy atom.